The third-order valence-corrected chi connectivity index (χ3v) is 4.61. The van der Waals surface area contributed by atoms with Crippen LogP contribution in [-0.4, -0.2) is 34.3 Å². The number of ether oxygens (including phenoxy) is 2. The molecule has 1 unspecified atom stereocenters. The summed E-state index contributed by atoms with van der Waals surface area (Å²) in [5.41, 5.74) is 2.26. The van der Waals surface area contributed by atoms with Crippen molar-refractivity contribution in [3.05, 3.63) is 39.8 Å². The number of nitrogens with one attached hydrogen (secondary N) is 1. The Labute approximate surface area is 154 Å². The van der Waals surface area contributed by atoms with Crippen LogP contribution >= 0.6 is 15.9 Å². The Morgan fingerprint density at radius 2 is 2.20 bits per heavy atom. The van der Waals surface area contributed by atoms with Crippen molar-refractivity contribution in [1.82, 2.24) is 14.8 Å². The largest absolute Gasteiger partial charge is 0.492 e. The second-order valence-electron chi connectivity index (χ2n) is 5.62. The molecule has 132 valence electrons. The zero-order chi connectivity index (χ0) is 18.1. The average molecular weight is 407 g/mol. The molecule has 1 N–H and O–H groups in total. The highest BCUT2D eigenvalue weighted by Crippen LogP contribution is 2.42. The van der Waals surface area contributed by atoms with E-state index in [1.807, 2.05) is 26.0 Å². The van der Waals surface area contributed by atoms with Crippen molar-refractivity contribution >= 4 is 27.7 Å². The van der Waals surface area contributed by atoms with Gasteiger partial charge in [0.25, 0.3) is 0 Å². The Balaban J connectivity index is 2.22. The van der Waals surface area contributed by atoms with Gasteiger partial charge in [0.05, 0.1) is 18.2 Å². The summed E-state index contributed by atoms with van der Waals surface area (Å²) >= 11 is 3.53. The number of benzene rings is 1. The molecule has 0 amide bonds. The molecule has 0 spiro atoms. The van der Waals surface area contributed by atoms with Crippen molar-refractivity contribution in [2.45, 2.75) is 26.8 Å². The SMILES string of the molecule is CCOc1cc(C2C(C(C)=O)=C(C)Nc3ncnn32)cc(Br)c1OC. The first-order valence-corrected chi connectivity index (χ1v) is 8.65. The lowest BCUT2D eigenvalue weighted by molar-refractivity contribution is -0.114. The fourth-order valence-corrected chi connectivity index (χ4v) is 3.68. The summed E-state index contributed by atoms with van der Waals surface area (Å²) < 4.78 is 13.6. The molecular weight excluding hydrogens is 388 g/mol. The molecule has 0 bridgehead atoms. The van der Waals surface area contributed by atoms with Crippen LogP contribution in [-0.2, 0) is 4.79 Å². The number of methoxy groups -OCH3 is 1. The molecule has 1 aromatic carbocycles. The van der Waals surface area contributed by atoms with Crippen LogP contribution in [0.5, 0.6) is 11.5 Å². The lowest BCUT2D eigenvalue weighted by Crippen LogP contribution is -2.27. The highest BCUT2D eigenvalue weighted by atomic mass is 79.9. The fraction of sp³-hybridized carbons (Fsp3) is 0.353. The number of Topliss-reactive ketones (excluding diaryl/α,β-unsaturated/α-hetero) is 1. The van der Waals surface area contributed by atoms with Crippen LogP contribution in [0.1, 0.15) is 32.4 Å². The quantitative estimate of drug-likeness (QED) is 0.820. The van der Waals surface area contributed by atoms with E-state index in [9.17, 15) is 4.79 Å². The molecule has 7 nitrogen and oxygen atoms in total. The maximum Gasteiger partial charge on any atom is 0.226 e. The molecular formula is C17H19BrN4O3. The van der Waals surface area contributed by atoms with Gasteiger partial charge in [-0.2, -0.15) is 10.1 Å². The number of nitrogens with zero attached hydrogens (tertiary/aromatic N) is 3. The van der Waals surface area contributed by atoms with Crippen LogP contribution in [0.15, 0.2) is 34.2 Å². The van der Waals surface area contributed by atoms with Crippen molar-refractivity contribution < 1.29 is 14.3 Å². The van der Waals surface area contributed by atoms with Gasteiger partial charge in [0, 0.05) is 11.3 Å². The van der Waals surface area contributed by atoms with Gasteiger partial charge in [-0.25, -0.2) is 4.68 Å². The molecule has 0 aliphatic carbocycles. The van der Waals surface area contributed by atoms with Gasteiger partial charge in [0.15, 0.2) is 17.3 Å². The first-order chi connectivity index (χ1) is 12.0. The van der Waals surface area contributed by atoms with Crippen LogP contribution in [0.2, 0.25) is 0 Å². The topological polar surface area (TPSA) is 78.3 Å². The van der Waals surface area contributed by atoms with Crippen LogP contribution in [0.3, 0.4) is 0 Å². The minimum absolute atomic E-state index is 0.0268. The monoisotopic (exact) mass is 406 g/mol. The molecule has 1 aromatic heterocycles. The first-order valence-electron chi connectivity index (χ1n) is 7.86. The van der Waals surface area contributed by atoms with Gasteiger partial charge in [0.1, 0.15) is 12.4 Å². The number of rotatable bonds is 5. The molecule has 25 heavy (non-hydrogen) atoms. The van der Waals surface area contributed by atoms with E-state index in [1.165, 1.54) is 6.33 Å². The summed E-state index contributed by atoms with van der Waals surface area (Å²) in [6, 6.07) is 3.40. The predicted molar refractivity (Wildman–Crippen MR) is 97.0 cm³/mol. The van der Waals surface area contributed by atoms with Gasteiger partial charge in [-0.05, 0) is 54.4 Å². The summed E-state index contributed by atoms with van der Waals surface area (Å²) in [6.07, 6.45) is 1.47. The normalized spacial score (nSPS) is 16.3. The van der Waals surface area contributed by atoms with Crippen molar-refractivity contribution in [2.75, 3.05) is 19.0 Å². The predicted octanol–water partition coefficient (Wildman–Crippen LogP) is 3.33. The van der Waals surface area contributed by atoms with Crippen molar-refractivity contribution in [2.24, 2.45) is 0 Å². The lowest BCUT2D eigenvalue weighted by atomic mass is 9.93. The molecule has 8 heteroatoms. The second-order valence-corrected chi connectivity index (χ2v) is 6.47. The van der Waals surface area contributed by atoms with E-state index < -0.39 is 6.04 Å². The summed E-state index contributed by atoms with van der Waals surface area (Å²) in [5.74, 6) is 1.79. The summed E-state index contributed by atoms with van der Waals surface area (Å²) in [6.45, 7) is 5.83. The Bertz CT molecular complexity index is 860. The van der Waals surface area contributed by atoms with E-state index in [0.717, 1.165) is 15.7 Å². The standard InChI is InChI=1S/C17H19BrN4O3/c1-5-25-13-7-11(6-12(18)16(13)24-4)15-14(10(3)23)9(2)21-17-19-8-20-22(15)17/h6-8,15H,5H2,1-4H3,(H,19,20,21). The molecule has 2 heterocycles. The number of halogens is 1. The van der Waals surface area contributed by atoms with Gasteiger partial charge >= 0.3 is 0 Å². The summed E-state index contributed by atoms with van der Waals surface area (Å²) in [4.78, 5) is 16.5. The van der Waals surface area contributed by atoms with E-state index in [1.54, 1.807) is 18.7 Å². The number of carbonyl (C=O) groups excluding carboxylic acids is 1. The van der Waals surface area contributed by atoms with Crippen LogP contribution < -0.4 is 14.8 Å². The van der Waals surface area contributed by atoms with E-state index in [2.05, 4.69) is 31.3 Å². The Morgan fingerprint density at radius 1 is 1.44 bits per heavy atom. The van der Waals surface area contributed by atoms with Gasteiger partial charge < -0.3 is 14.8 Å². The smallest absolute Gasteiger partial charge is 0.226 e. The maximum absolute atomic E-state index is 12.3. The Hall–Kier alpha value is -2.35. The number of ketones is 1. The van der Waals surface area contributed by atoms with Gasteiger partial charge in [-0.1, -0.05) is 0 Å². The summed E-state index contributed by atoms with van der Waals surface area (Å²) in [5, 5.41) is 7.43. The minimum Gasteiger partial charge on any atom is -0.492 e. The number of anilines is 1. The number of hydrogen-bond donors (Lipinski definition) is 1. The van der Waals surface area contributed by atoms with Crippen molar-refractivity contribution in [3.8, 4) is 11.5 Å². The molecule has 2 aromatic rings. The van der Waals surface area contributed by atoms with E-state index >= 15 is 0 Å². The zero-order valence-corrected chi connectivity index (χ0v) is 16.0. The van der Waals surface area contributed by atoms with E-state index in [4.69, 9.17) is 9.47 Å². The molecule has 1 aliphatic rings. The number of carbonyl (C=O) groups is 1. The van der Waals surface area contributed by atoms with Crippen LogP contribution in [0.25, 0.3) is 0 Å². The third kappa shape index (κ3) is 3.02. The minimum atomic E-state index is -0.391. The fourth-order valence-electron chi connectivity index (χ4n) is 3.06. The Morgan fingerprint density at radius 3 is 2.84 bits per heavy atom. The second kappa shape index (κ2) is 6.87. The van der Waals surface area contributed by atoms with Gasteiger partial charge in [-0.3, -0.25) is 4.79 Å². The number of fused-ring (bicyclic) bond motifs is 1. The Kier molecular flexibility index (Phi) is 4.80. The molecule has 0 saturated heterocycles. The highest BCUT2D eigenvalue weighted by molar-refractivity contribution is 9.10. The molecule has 0 radical (unpaired) electrons. The maximum atomic E-state index is 12.3. The number of hydrogen-bond acceptors (Lipinski definition) is 6. The van der Waals surface area contributed by atoms with Crippen LogP contribution in [0.4, 0.5) is 5.95 Å². The molecule has 1 atom stereocenters. The third-order valence-electron chi connectivity index (χ3n) is 4.03. The van der Waals surface area contributed by atoms with Gasteiger partial charge in [0.2, 0.25) is 5.95 Å². The van der Waals surface area contributed by atoms with E-state index in [-0.39, 0.29) is 5.78 Å². The van der Waals surface area contributed by atoms with Crippen molar-refractivity contribution in [3.63, 3.8) is 0 Å². The first kappa shape index (κ1) is 17.5. The van der Waals surface area contributed by atoms with Gasteiger partial charge in [-0.15, -0.1) is 0 Å². The highest BCUT2D eigenvalue weighted by Gasteiger charge is 2.32. The van der Waals surface area contributed by atoms with Crippen LogP contribution in [0, 0.1) is 0 Å². The molecule has 0 fully saturated rings. The molecule has 0 saturated carbocycles. The lowest BCUT2D eigenvalue weighted by Gasteiger charge is -2.28. The average Bonchev–Trinajstić information content (AvgIpc) is 3.01. The van der Waals surface area contributed by atoms with Crippen molar-refractivity contribution in [1.29, 1.82) is 0 Å². The number of aromatic nitrogens is 3. The molecule has 3 rings (SSSR count). The number of allylic oxidation sites excluding steroid dienone is 2. The van der Waals surface area contributed by atoms with E-state index in [0.29, 0.717) is 29.6 Å². The summed E-state index contributed by atoms with van der Waals surface area (Å²) in [7, 11) is 1.59. The molecule has 1 aliphatic heterocycles. The zero-order valence-electron chi connectivity index (χ0n) is 14.5.